The first-order chi connectivity index (χ1) is 12.0. The largest absolute Gasteiger partial charge is 0.486 e. The van der Waals surface area contributed by atoms with E-state index in [1.165, 1.54) is 0 Å². The number of amides is 1. The third-order valence-electron chi connectivity index (χ3n) is 4.27. The van der Waals surface area contributed by atoms with Gasteiger partial charge in [-0.25, -0.2) is 9.97 Å². The van der Waals surface area contributed by atoms with E-state index in [4.69, 9.17) is 16.3 Å². The summed E-state index contributed by atoms with van der Waals surface area (Å²) in [6.45, 7) is 5.72. The molecule has 1 fully saturated rings. The van der Waals surface area contributed by atoms with Gasteiger partial charge in [0.25, 0.3) is 0 Å². The molecular weight excluding hydrogens is 340 g/mol. The highest BCUT2D eigenvalue weighted by atomic mass is 35.5. The lowest BCUT2D eigenvalue weighted by molar-refractivity contribution is 0.162. The molecule has 1 aliphatic rings. The number of ether oxygens (including phenoxy) is 1. The zero-order valence-corrected chi connectivity index (χ0v) is 15.1. The number of rotatable bonds is 4. The number of nitrogens with zero attached hydrogens (tertiary/aromatic N) is 4. The second-order valence-electron chi connectivity index (χ2n) is 6.26. The highest BCUT2D eigenvalue weighted by Gasteiger charge is 2.33. The fourth-order valence-electron chi connectivity index (χ4n) is 3.12. The molecular formula is C18H21ClN4O2. The Hall–Kier alpha value is -2.34. The normalized spacial score (nSPS) is 20.4. The van der Waals surface area contributed by atoms with Crippen LogP contribution in [0.4, 0.5) is 10.7 Å². The summed E-state index contributed by atoms with van der Waals surface area (Å²) in [6.07, 6.45) is 3.36. The highest BCUT2D eigenvalue weighted by Crippen LogP contribution is 2.22. The lowest BCUT2D eigenvalue weighted by Crippen LogP contribution is -2.57. The first kappa shape index (κ1) is 17.5. The zero-order valence-electron chi connectivity index (χ0n) is 14.3. The molecule has 132 valence electrons. The van der Waals surface area contributed by atoms with Crippen LogP contribution in [0.15, 0.2) is 42.7 Å². The van der Waals surface area contributed by atoms with Crippen LogP contribution < -0.4 is 9.64 Å². The van der Waals surface area contributed by atoms with Crippen LogP contribution in [0.1, 0.15) is 19.4 Å². The van der Waals surface area contributed by atoms with Crippen LogP contribution in [-0.2, 0) is 6.61 Å². The van der Waals surface area contributed by atoms with Crippen molar-refractivity contribution in [3.63, 3.8) is 0 Å². The van der Waals surface area contributed by atoms with Crippen LogP contribution in [0, 0.1) is 0 Å². The lowest BCUT2D eigenvalue weighted by Gasteiger charge is -2.43. The summed E-state index contributed by atoms with van der Waals surface area (Å²) in [5, 5.41) is -0.412. The maximum atomic E-state index is 11.5. The fourth-order valence-corrected chi connectivity index (χ4v) is 3.45. The average molecular weight is 361 g/mol. The van der Waals surface area contributed by atoms with E-state index in [9.17, 15) is 4.79 Å². The molecule has 0 aliphatic carbocycles. The predicted molar refractivity (Wildman–Crippen MR) is 97.0 cm³/mol. The molecule has 1 aromatic carbocycles. The van der Waals surface area contributed by atoms with Crippen molar-refractivity contribution in [2.45, 2.75) is 32.5 Å². The summed E-state index contributed by atoms with van der Waals surface area (Å²) in [6, 6.07) is 9.96. The van der Waals surface area contributed by atoms with Gasteiger partial charge in [-0.1, -0.05) is 30.3 Å². The molecule has 6 nitrogen and oxygen atoms in total. The van der Waals surface area contributed by atoms with Gasteiger partial charge in [0.2, 0.25) is 5.95 Å². The van der Waals surface area contributed by atoms with Crippen LogP contribution in [-0.4, -0.2) is 45.4 Å². The van der Waals surface area contributed by atoms with Gasteiger partial charge >= 0.3 is 5.37 Å². The van der Waals surface area contributed by atoms with Gasteiger partial charge in [-0.15, -0.1) is 0 Å². The van der Waals surface area contributed by atoms with Crippen LogP contribution in [0.3, 0.4) is 0 Å². The van der Waals surface area contributed by atoms with E-state index in [0.717, 1.165) is 5.56 Å². The number of piperazine rings is 1. The minimum Gasteiger partial charge on any atom is -0.486 e. The Morgan fingerprint density at radius 3 is 2.32 bits per heavy atom. The topological polar surface area (TPSA) is 58.6 Å². The van der Waals surface area contributed by atoms with Crippen molar-refractivity contribution < 1.29 is 9.53 Å². The van der Waals surface area contributed by atoms with Crippen molar-refractivity contribution in [1.29, 1.82) is 0 Å². The number of hydrogen-bond donors (Lipinski definition) is 0. The number of benzene rings is 1. The standard InChI is InChI=1S/C18H21ClN4O2/c1-13-10-22(11-14(2)23(13)17(19)24)18-20-8-16(9-21-18)25-12-15-6-4-3-5-7-15/h3-9,13-14H,10-12H2,1-2H3/t13-,14+. The second-order valence-corrected chi connectivity index (χ2v) is 6.58. The Balaban J connectivity index is 1.61. The van der Waals surface area contributed by atoms with E-state index >= 15 is 0 Å². The van der Waals surface area contributed by atoms with Crippen LogP contribution in [0.5, 0.6) is 5.75 Å². The van der Waals surface area contributed by atoms with Crippen LogP contribution >= 0.6 is 11.6 Å². The summed E-state index contributed by atoms with van der Waals surface area (Å²) < 4.78 is 5.71. The molecule has 0 unspecified atom stereocenters. The second kappa shape index (κ2) is 7.70. The molecule has 0 radical (unpaired) electrons. The maximum Gasteiger partial charge on any atom is 0.316 e. The van der Waals surface area contributed by atoms with Crippen LogP contribution in [0.25, 0.3) is 0 Å². The van der Waals surface area contributed by atoms with Crippen molar-refractivity contribution in [1.82, 2.24) is 14.9 Å². The van der Waals surface area contributed by atoms with Gasteiger partial charge in [0, 0.05) is 25.2 Å². The number of carbonyl (C=O) groups excluding carboxylic acids is 1. The molecule has 1 amide bonds. The summed E-state index contributed by atoms with van der Waals surface area (Å²) in [7, 11) is 0. The predicted octanol–water partition coefficient (Wildman–Crippen LogP) is 3.31. The summed E-state index contributed by atoms with van der Waals surface area (Å²) >= 11 is 5.67. The van der Waals surface area contributed by atoms with E-state index < -0.39 is 5.37 Å². The lowest BCUT2D eigenvalue weighted by atomic mass is 10.1. The van der Waals surface area contributed by atoms with Crippen molar-refractivity contribution in [3.8, 4) is 5.75 Å². The molecule has 0 N–H and O–H groups in total. The van der Waals surface area contributed by atoms with Gasteiger partial charge in [-0.2, -0.15) is 0 Å². The smallest absolute Gasteiger partial charge is 0.316 e. The molecule has 7 heteroatoms. The fraction of sp³-hybridized carbons (Fsp3) is 0.389. The average Bonchev–Trinajstić information content (AvgIpc) is 2.60. The van der Waals surface area contributed by atoms with Crippen molar-refractivity contribution in [2.75, 3.05) is 18.0 Å². The minimum atomic E-state index is -0.412. The maximum absolute atomic E-state index is 11.5. The molecule has 1 aromatic heterocycles. The molecule has 2 aromatic rings. The van der Waals surface area contributed by atoms with Gasteiger partial charge < -0.3 is 14.5 Å². The third-order valence-corrected chi connectivity index (χ3v) is 4.46. The Kier molecular flexibility index (Phi) is 5.38. The zero-order chi connectivity index (χ0) is 17.8. The van der Waals surface area contributed by atoms with Gasteiger partial charge in [0.15, 0.2) is 5.75 Å². The van der Waals surface area contributed by atoms with Crippen LogP contribution in [0.2, 0.25) is 0 Å². The SMILES string of the molecule is C[C@@H]1CN(c2ncc(OCc3ccccc3)cn2)C[C@H](C)N1C(=O)Cl. The van der Waals surface area contributed by atoms with Crippen molar-refractivity contribution >= 4 is 22.9 Å². The first-order valence-corrected chi connectivity index (χ1v) is 8.64. The van der Waals surface area contributed by atoms with E-state index in [0.29, 0.717) is 31.4 Å². The van der Waals surface area contributed by atoms with Gasteiger partial charge in [0.05, 0.1) is 12.4 Å². The first-order valence-electron chi connectivity index (χ1n) is 8.26. The van der Waals surface area contributed by atoms with Crippen molar-refractivity contribution in [3.05, 3.63) is 48.3 Å². The number of carbonyl (C=O) groups is 1. The molecule has 0 bridgehead atoms. The molecule has 0 spiro atoms. The molecule has 2 heterocycles. The molecule has 25 heavy (non-hydrogen) atoms. The van der Waals surface area contributed by atoms with E-state index in [1.54, 1.807) is 17.3 Å². The van der Waals surface area contributed by atoms with E-state index in [2.05, 4.69) is 14.9 Å². The minimum absolute atomic E-state index is 0.00589. The van der Waals surface area contributed by atoms with Crippen molar-refractivity contribution in [2.24, 2.45) is 0 Å². The highest BCUT2D eigenvalue weighted by molar-refractivity contribution is 6.62. The summed E-state index contributed by atoms with van der Waals surface area (Å²) in [5.41, 5.74) is 1.09. The molecule has 1 saturated heterocycles. The van der Waals surface area contributed by atoms with E-state index in [-0.39, 0.29) is 12.1 Å². The number of hydrogen-bond acceptors (Lipinski definition) is 5. The quantitative estimate of drug-likeness (QED) is 0.618. The van der Waals surface area contributed by atoms with Gasteiger partial charge in [0.1, 0.15) is 6.61 Å². The number of anilines is 1. The number of halogens is 1. The molecule has 2 atom stereocenters. The molecule has 3 rings (SSSR count). The number of aromatic nitrogens is 2. The Labute approximate surface area is 152 Å². The molecule has 0 saturated carbocycles. The summed E-state index contributed by atoms with van der Waals surface area (Å²) in [4.78, 5) is 24.1. The van der Waals surface area contributed by atoms with Gasteiger partial charge in [-0.05, 0) is 31.0 Å². The third kappa shape index (κ3) is 4.20. The van der Waals surface area contributed by atoms with Gasteiger partial charge in [-0.3, -0.25) is 4.79 Å². The Bertz CT molecular complexity index is 699. The van der Waals surface area contributed by atoms with E-state index in [1.807, 2.05) is 44.2 Å². The summed E-state index contributed by atoms with van der Waals surface area (Å²) in [5.74, 6) is 1.26. The molecule has 1 aliphatic heterocycles. The Morgan fingerprint density at radius 1 is 1.16 bits per heavy atom. The Morgan fingerprint density at radius 2 is 1.76 bits per heavy atom. The monoisotopic (exact) mass is 360 g/mol.